The molecule has 0 saturated carbocycles. The van der Waals surface area contributed by atoms with Gasteiger partial charge in [0.1, 0.15) is 0 Å². The van der Waals surface area contributed by atoms with E-state index in [0.29, 0.717) is 24.7 Å². The van der Waals surface area contributed by atoms with E-state index >= 15 is 0 Å². The van der Waals surface area contributed by atoms with Crippen molar-refractivity contribution in [3.63, 3.8) is 0 Å². The van der Waals surface area contributed by atoms with Gasteiger partial charge in [-0.2, -0.15) is 0 Å². The first-order valence-corrected chi connectivity index (χ1v) is 7.58. The second kappa shape index (κ2) is 5.70. The second-order valence-electron chi connectivity index (χ2n) is 5.72. The van der Waals surface area contributed by atoms with Gasteiger partial charge in [0, 0.05) is 22.1 Å². The number of carbonyl (C=O) groups is 1. The Morgan fingerprint density at radius 1 is 1.38 bits per heavy atom. The number of rotatable bonds is 2. The van der Waals surface area contributed by atoms with E-state index in [1.165, 1.54) is 0 Å². The van der Waals surface area contributed by atoms with Gasteiger partial charge in [-0.05, 0) is 37.6 Å². The van der Waals surface area contributed by atoms with E-state index in [1.54, 1.807) is 0 Å². The normalized spacial score (nSPS) is 22.7. The third-order valence-electron chi connectivity index (χ3n) is 4.03. The molecular weight excluding hydrogens is 288 g/mol. The van der Waals surface area contributed by atoms with Crippen molar-refractivity contribution >= 4 is 28.4 Å². The minimum absolute atomic E-state index is 0.120. The van der Waals surface area contributed by atoms with Crippen molar-refractivity contribution < 1.29 is 9.53 Å². The molecule has 1 aromatic heterocycles. The summed E-state index contributed by atoms with van der Waals surface area (Å²) < 4.78 is 5.48. The molecule has 1 saturated heterocycles. The van der Waals surface area contributed by atoms with Crippen molar-refractivity contribution in [1.29, 1.82) is 0 Å². The van der Waals surface area contributed by atoms with Crippen LogP contribution in [-0.2, 0) is 16.0 Å². The molecule has 3 rings (SSSR count). The van der Waals surface area contributed by atoms with Gasteiger partial charge in [-0.1, -0.05) is 11.6 Å². The zero-order chi connectivity index (χ0) is 15.0. The molecule has 1 fully saturated rings. The second-order valence-corrected chi connectivity index (χ2v) is 6.15. The third-order valence-corrected chi connectivity index (χ3v) is 4.26. The van der Waals surface area contributed by atoms with Crippen LogP contribution in [0, 0.1) is 0 Å². The number of aromatic nitrogens is 1. The molecule has 1 aromatic carbocycles. The smallest absolute Gasteiger partial charge is 0.227 e. The molecule has 2 unspecified atom stereocenters. The Morgan fingerprint density at radius 3 is 2.81 bits per heavy atom. The Bertz CT molecular complexity index is 657. The number of hydrogen-bond acceptors (Lipinski definition) is 2. The van der Waals surface area contributed by atoms with Crippen LogP contribution in [0.1, 0.15) is 19.4 Å². The molecule has 0 spiro atoms. The van der Waals surface area contributed by atoms with Gasteiger partial charge in [0.25, 0.3) is 0 Å². The largest absolute Gasteiger partial charge is 0.377 e. The van der Waals surface area contributed by atoms with Gasteiger partial charge in [-0.25, -0.2) is 0 Å². The van der Waals surface area contributed by atoms with Crippen molar-refractivity contribution in [2.24, 2.45) is 0 Å². The maximum Gasteiger partial charge on any atom is 0.227 e. The molecule has 0 bridgehead atoms. The number of benzene rings is 1. The van der Waals surface area contributed by atoms with E-state index in [2.05, 4.69) is 4.98 Å². The highest BCUT2D eigenvalue weighted by Gasteiger charge is 2.29. The van der Waals surface area contributed by atoms with Crippen molar-refractivity contribution in [1.82, 2.24) is 9.88 Å². The first-order valence-electron chi connectivity index (χ1n) is 7.20. The summed E-state index contributed by atoms with van der Waals surface area (Å²) in [6, 6.07) is 5.93. The molecule has 2 atom stereocenters. The van der Waals surface area contributed by atoms with E-state index < -0.39 is 0 Å². The number of morpholine rings is 1. The van der Waals surface area contributed by atoms with Crippen molar-refractivity contribution in [3.8, 4) is 0 Å². The van der Waals surface area contributed by atoms with Crippen LogP contribution in [0.5, 0.6) is 0 Å². The Kier molecular flexibility index (Phi) is 3.91. The lowest BCUT2D eigenvalue weighted by Gasteiger charge is -2.38. The van der Waals surface area contributed by atoms with E-state index in [4.69, 9.17) is 16.3 Å². The van der Waals surface area contributed by atoms with Crippen LogP contribution in [-0.4, -0.2) is 41.1 Å². The number of nitrogens with zero attached hydrogens (tertiary/aromatic N) is 1. The van der Waals surface area contributed by atoms with Crippen LogP contribution in [0.2, 0.25) is 5.02 Å². The topological polar surface area (TPSA) is 45.3 Å². The van der Waals surface area contributed by atoms with Crippen molar-refractivity contribution in [2.45, 2.75) is 32.4 Å². The number of aromatic amines is 1. The molecule has 1 amide bonds. The number of ether oxygens (including phenoxy) is 1. The standard InChI is InChI=1S/C16H19ClN2O2/c1-10-8-21-9-11(2)19(10)16(20)5-12-7-18-15-4-3-13(17)6-14(12)15/h3-4,6-7,10-11,18H,5,8-9H2,1-2H3. The van der Waals surface area contributed by atoms with Gasteiger partial charge in [-0.15, -0.1) is 0 Å². The van der Waals surface area contributed by atoms with Gasteiger partial charge >= 0.3 is 0 Å². The van der Waals surface area contributed by atoms with Crippen LogP contribution in [0.3, 0.4) is 0 Å². The highest BCUT2D eigenvalue weighted by atomic mass is 35.5. The number of amides is 1. The molecule has 5 heteroatoms. The maximum atomic E-state index is 12.6. The number of hydrogen-bond donors (Lipinski definition) is 1. The monoisotopic (exact) mass is 306 g/mol. The molecule has 21 heavy (non-hydrogen) atoms. The van der Waals surface area contributed by atoms with Crippen LogP contribution >= 0.6 is 11.6 Å². The average molecular weight is 307 g/mol. The van der Waals surface area contributed by atoms with Crippen LogP contribution in [0.4, 0.5) is 0 Å². The molecular formula is C16H19ClN2O2. The minimum atomic E-state index is 0.120. The fourth-order valence-corrected chi connectivity index (χ4v) is 3.22. The first kappa shape index (κ1) is 14.4. The maximum absolute atomic E-state index is 12.6. The highest BCUT2D eigenvalue weighted by molar-refractivity contribution is 6.31. The van der Waals surface area contributed by atoms with Gasteiger partial charge in [-0.3, -0.25) is 4.79 Å². The number of H-pyrrole nitrogens is 1. The SMILES string of the molecule is CC1COCC(C)N1C(=O)Cc1c[nH]c2ccc(Cl)cc12. The summed E-state index contributed by atoms with van der Waals surface area (Å²) in [5.41, 5.74) is 1.99. The zero-order valence-electron chi connectivity index (χ0n) is 12.2. The lowest BCUT2D eigenvalue weighted by molar-refractivity contribution is -0.143. The fourth-order valence-electron chi connectivity index (χ4n) is 3.05. The van der Waals surface area contributed by atoms with Crippen LogP contribution in [0.25, 0.3) is 10.9 Å². The Hall–Kier alpha value is -1.52. The van der Waals surface area contributed by atoms with Gasteiger partial charge in [0.05, 0.1) is 31.7 Å². The predicted octanol–water partition coefficient (Wildman–Crippen LogP) is 3.00. The fraction of sp³-hybridized carbons (Fsp3) is 0.438. The van der Waals surface area contributed by atoms with Gasteiger partial charge in [0.15, 0.2) is 0 Å². The molecule has 4 nitrogen and oxygen atoms in total. The molecule has 2 aromatic rings. The molecule has 0 radical (unpaired) electrons. The number of fused-ring (bicyclic) bond motifs is 1. The summed E-state index contributed by atoms with van der Waals surface area (Å²) in [7, 11) is 0. The van der Waals surface area contributed by atoms with Crippen molar-refractivity contribution in [2.75, 3.05) is 13.2 Å². The summed E-state index contributed by atoms with van der Waals surface area (Å²) in [4.78, 5) is 17.8. The number of nitrogens with one attached hydrogen (secondary N) is 1. The lowest BCUT2D eigenvalue weighted by Crippen LogP contribution is -2.53. The summed E-state index contributed by atoms with van der Waals surface area (Å²) in [5.74, 6) is 0.138. The van der Waals surface area contributed by atoms with E-state index in [0.717, 1.165) is 16.5 Å². The number of carbonyl (C=O) groups excluding carboxylic acids is 1. The lowest BCUT2D eigenvalue weighted by atomic mass is 10.1. The summed E-state index contributed by atoms with van der Waals surface area (Å²) >= 11 is 6.05. The molecule has 0 aliphatic carbocycles. The van der Waals surface area contributed by atoms with Gasteiger partial charge in [0.2, 0.25) is 5.91 Å². The molecule has 112 valence electrons. The van der Waals surface area contributed by atoms with E-state index in [-0.39, 0.29) is 18.0 Å². The van der Waals surface area contributed by atoms with Crippen LogP contribution in [0.15, 0.2) is 24.4 Å². The quantitative estimate of drug-likeness (QED) is 0.927. The van der Waals surface area contributed by atoms with Crippen LogP contribution < -0.4 is 0 Å². The minimum Gasteiger partial charge on any atom is -0.377 e. The summed E-state index contributed by atoms with van der Waals surface area (Å²) in [6.07, 6.45) is 2.28. The Labute approximate surface area is 129 Å². The Balaban J connectivity index is 1.84. The molecule has 1 N–H and O–H groups in total. The van der Waals surface area contributed by atoms with E-state index in [1.807, 2.05) is 43.1 Å². The highest BCUT2D eigenvalue weighted by Crippen LogP contribution is 2.24. The number of halogens is 1. The summed E-state index contributed by atoms with van der Waals surface area (Å²) in [6.45, 7) is 5.27. The predicted molar refractivity (Wildman–Crippen MR) is 83.6 cm³/mol. The zero-order valence-corrected chi connectivity index (χ0v) is 13.0. The summed E-state index contributed by atoms with van der Waals surface area (Å²) in [5, 5.41) is 1.70. The average Bonchev–Trinajstić information content (AvgIpc) is 2.81. The first-order chi connectivity index (χ1) is 10.1. The third kappa shape index (κ3) is 2.78. The van der Waals surface area contributed by atoms with Crippen molar-refractivity contribution in [3.05, 3.63) is 35.0 Å². The molecule has 2 heterocycles. The van der Waals surface area contributed by atoms with Gasteiger partial charge < -0.3 is 14.6 Å². The van der Waals surface area contributed by atoms with E-state index in [9.17, 15) is 4.79 Å². The molecule has 1 aliphatic rings. The molecule has 1 aliphatic heterocycles. The Morgan fingerprint density at radius 2 is 2.10 bits per heavy atom.